The minimum absolute atomic E-state index is 0.271. The Kier molecular flexibility index (Phi) is 4.60. The smallest absolute Gasteiger partial charge is 0.124 e. The third kappa shape index (κ3) is 2.85. The molecule has 0 amide bonds. The second-order valence-electron chi connectivity index (χ2n) is 4.95. The number of halogens is 2. The zero-order valence-electron chi connectivity index (χ0n) is 10.9. The molecule has 1 saturated heterocycles. The molecule has 0 saturated carbocycles. The van der Waals surface area contributed by atoms with Crippen molar-refractivity contribution >= 4 is 11.6 Å². The van der Waals surface area contributed by atoms with Gasteiger partial charge in [-0.05, 0) is 56.7 Å². The summed E-state index contributed by atoms with van der Waals surface area (Å²) in [6.07, 6.45) is 1.15. The first-order valence-corrected chi connectivity index (χ1v) is 6.87. The summed E-state index contributed by atoms with van der Waals surface area (Å²) in [5, 5.41) is 3.93. The molecule has 0 aliphatic carbocycles. The standard InChI is InChI=1S/C14H20ClFN2/c1-3-17-9-10-6-7-18(2)14(10)12-5-4-11(16)8-13(12)15/h4-5,8,10,14,17H,3,6-7,9H2,1-2H3. The number of nitrogens with one attached hydrogen (secondary N) is 1. The highest BCUT2D eigenvalue weighted by atomic mass is 35.5. The molecule has 1 aromatic carbocycles. The van der Waals surface area contributed by atoms with Crippen LogP contribution in [-0.4, -0.2) is 31.6 Å². The zero-order valence-corrected chi connectivity index (χ0v) is 11.7. The Balaban J connectivity index is 2.22. The van der Waals surface area contributed by atoms with Gasteiger partial charge >= 0.3 is 0 Å². The summed E-state index contributed by atoms with van der Waals surface area (Å²) < 4.78 is 13.1. The van der Waals surface area contributed by atoms with E-state index in [1.54, 1.807) is 0 Å². The quantitative estimate of drug-likeness (QED) is 0.905. The SMILES string of the molecule is CCNCC1CCN(C)C1c1ccc(F)cc1Cl. The van der Waals surface area contributed by atoms with Crippen molar-refractivity contribution in [1.29, 1.82) is 0 Å². The van der Waals surface area contributed by atoms with Gasteiger partial charge in [-0.2, -0.15) is 0 Å². The van der Waals surface area contributed by atoms with Gasteiger partial charge in [0, 0.05) is 11.1 Å². The van der Waals surface area contributed by atoms with Crippen LogP contribution < -0.4 is 5.32 Å². The van der Waals surface area contributed by atoms with E-state index < -0.39 is 0 Å². The maximum absolute atomic E-state index is 13.1. The molecule has 0 aromatic heterocycles. The molecular formula is C14H20ClFN2. The van der Waals surface area contributed by atoms with Crippen LogP contribution in [0.25, 0.3) is 0 Å². The highest BCUT2D eigenvalue weighted by Crippen LogP contribution is 2.38. The maximum Gasteiger partial charge on any atom is 0.124 e. The predicted molar refractivity (Wildman–Crippen MR) is 73.4 cm³/mol. The van der Waals surface area contributed by atoms with E-state index >= 15 is 0 Å². The van der Waals surface area contributed by atoms with E-state index in [0.717, 1.165) is 31.6 Å². The van der Waals surface area contributed by atoms with Gasteiger partial charge in [0.25, 0.3) is 0 Å². The van der Waals surface area contributed by atoms with Crippen molar-refractivity contribution in [3.8, 4) is 0 Å². The van der Waals surface area contributed by atoms with E-state index in [0.29, 0.717) is 10.9 Å². The molecule has 18 heavy (non-hydrogen) atoms. The van der Waals surface area contributed by atoms with Gasteiger partial charge in [0.15, 0.2) is 0 Å². The molecule has 4 heteroatoms. The van der Waals surface area contributed by atoms with Crippen LogP contribution in [0, 0.1) is 11.7 Å². The maximum atomic E-state index is 13.1. The van der Waals surface area contributed by atoms with E-state index in [4.69, 9.17) is 11.6 Å². The van der Waals surface area contributed by atoms with Gasteiger partial charge in [-0.3, -0.25) is 4.90 Å². The van der Waals surface area contributed by atoms with Gasteiger partial charge in [0.2, 0.25) is 0 Å². The number of benzene rings is 1. The van der Waals surface area contributed by atoms with E-state index in [2.05, 4.69) is 24.2 Å². The highest BCUT2D eigenvalue weighted by molar-refractivity contribution is 6.31. The normalized spacial score (nSPS) is 24.7. The molecule has 2 atom stereocenters. The van der Waals surface area contributed by atoms with Crippen LogP contribution >= 0.6 is 11.6 Å². The van der Waals surface area contributed by atoms with Crippen LogP contribution in [0.15, 0.2) is 18.2 Å². The van der Waals surface area contributed by atoms with Gasteiger partial charge in [0.05, 0.1) is 0 Å². The van der Waals surface area contributed by atoms with Gasteiger partial charge in [-0.1, -0.05) is 24.6 Å². The van der Waals surface area contributed by atoms with E-state index in [1.165, 1.54) is 12.1 Å². The summed E-state index contributed by atoms with van der Waals surface area (Å²) >= 11 is 6.19. The molecule has 1 aliphatic heterocycles. The molecule has 1 aromatic rings. The topological polar surface area (TPSA) is 15.3 Å². The molecule has 0 radical (unpaired) electrons. The number of likely N-dealkylation sites (tertiary alicyclic amines) is 1. The Morgan fingerprint density at radius 2 is 2.28 bits per heavy atom. The Bertz CT molecular complexity index is 411. The number of hydrogen-bond acceptors (Lipinski definition) is 2. The largest absolute Gasteiger partial charge is 0.317 e. The van der Waals surface area contributed by atoms with Gasteiger partial charge in [-0.15, -0.1) is 0 Å². The fraction of sp³-hybridized carbons (Fsp3) is 0.571. The van der Waals surface area contributed by atoms with Crippen molar-refractivity contribution in [3.05, 3.63) is 34.6 Å². The lowest BCUT2D eigenvalue weighted by Gasteiger charge is -2.26. The average Bonchev–Trinajstić information content (AvgIpc) is 2.68. The van der Waals surface area contributed by atoms with E-state index in [-0.39, 0.29) is 11.9 Å². The van der Waals surface area contributed by atoms with Gasteiger partial charge in [0.1, 0.15) is 5.82 Å². The minimum atomic E-state index is -0.271. The molecule has 1 N–H and O–H groups in total. The Labute approximate surface area is 113 Å². The van der Waals surface area contributed by atoms with Crippen LogP contribution in [0.3, 0.4) is 0 Å². The van der Waals surface area contributed by atoms with E-state index in [1.807, 2.05) is 6.07 Å². The molecule has 0 bridgehead atoms. The summed E-state index contributed by atoms with van der Waals surface area (Å²) in [5.74, 6) is 0.269. The summed E-state index contributed by atoms with van der Waals surface area (Å²) in [6.45, 7) is 5.14. The van der Waals surface area contributed by atoms with Crippen molar-refractivity contribution in [1.82, 2.24) is 10.2 Å². The lowest BCUT2D eigenvalue weighted by molar-refractivity contribution is 0.273. The molecule has 1 heterocycles. The molecule has 1 aliphatic rings. The van der Waals surface area contributed by atoms with Crippen LogP contribution in [0.1, 0.15) is 24.9 Å². The van der Waals surface area contributed by atoms with Crippen molar-refractivity contribution in [3.63, 3.8) is 0 Å². The Morgan fingerprint density at radius 1 is 1.50 bits per heavy atom. The first-order valence-electron chi connectivity index (χ1n) is 6.49. The van der Waals surface area contributed by atoms with Crippen molar-refractivity contribution in [2.75, 3.05) is 26.7 Å². The molecule has 2 nitrogen and oxygen atoms in total. The second kappa shape index (κ2) is 6.00. The van der Waals surface area contributed by atoms with E-state index in [9.17, 15) is 4.39 Å². The molecular weight excluding hydrogens is 251 g/mol. The van der Waals surface area contributed by atoms with Gasteiger partial charge in [-0.25, -0.2) is 4.39 Å². The Hall–Kier alpha value is -0.640. The number of nitrogens with zero attached hydrogens (tertiary/aromatic N) is 1. The van der Waals surface area contributed by atoms with Gasteiger partial charge < -0.3 is 5.32 Å². The fourth-order valence-corrected chi connectivity index (χ4v) is 3.08. The first-order chi connectivity index (χ1) is 8.63. The average molecular weight is 271 g/mol. The second-order valence-corrected chi connectivity index (χ2v) is 5.35. The third-order valence-electron chi connectivity index (χ3n) is 3.71. The number of hydrogen-bond donors (Lipinski definition) is 1. The summed E-state index contributed by atoms with van der Waals surface area (Å²) in [7, 11) is 2.11. The van der Waals surface area contributed by atoms with Crippen LogP contribution in [0.2, 0.25) is 5.02 Å². The summed E-state index contributed by atoms with van der Waals surface area (Å²) in [5.41, 5.74) is 1.04. The first kappa shape index (κ1) is 13.8. The van der Waals surface area contributed by atoms with Crippen LogP contribution in [-0.2, 0) is 0 Å². The fourth-order valence-electron chi connectivity index (χ4n) is 2.80. The lowest BCUT2D eigenvalue weighted by Crippen LogP contribution is -2.28. The number of rotatable bonds is 4. The van der Waals surface area contributed by atoms with Crippen molar-refractivity contribution < 1.29 is 4.39 Å². The Morgan fingerprint density at radius 3 is 2.94 bits per heavy atom. The molecule has 2 unspecified atom stereocenters. The molecule has 1 fully saturated rings. The van der Waals surface area contributed by atoms with Crippen molar-refractivity contribution in [2.24, 2.45) is 5.92 Å². The third-order valence-corrected chi connectivity index (χ3v) is 4.04. The molecule has 100 valence electrons. The zero-order chi connectivity index (χ0) is 13.1. The monoisotopic (exact) mass is 270 g/mol. The highest BCUT2D eigenvalue weighted by Gasteiger charge is 2.33. The summed E-state index contributed by atoms with van der Waals surface area (Å²) in [4.78, 5) is 2.31. The minimum Gasteiger partial charge on any atom is -0.317 e. The molecule has 0 spiro atoms. The van der Waals surface area contributed by atoms with Crippen LogP contribution in [0.5, 0.6) is 0 Å². The van der Waals surface area contributed by atoms with Crippen molar-refractivity contribution in [2.45, 2.75) is 19.4 Å². The predicted octanol–water partition coefficient (Wildman–Crippen LogP) is 3.08. The summed E-state index contributed by atoms with van der Waals surface area (Å²) in [6, 6.07) is 5.02. The molecule has 2 rings (SSSR count). The lowest BCUT2D eigenvalue weighted by atomic mass is 9.93. The van der Waals surface area contributed by atoms with Crippen LogP contribution in [0.4, 0.5) is 4.39 Å².